The second-order valence-corrected chi connectivity index (χ2v) is 3.49. The van der Waals surface area contributed by atoms with E-state index in [4.69, 9.17) is 22.0 Å². The van der Waals surface area contributed by atoms with E-state index in [9.17, 15) is 4.79 Å². The summed E-state index contributed by atoms with van der Waals surface area (Å²) in [6, 6.07) is 4.38. The first-order chi connectivity index (χ1) is 6.06. The van der Waals surface area contributed by atoms with Gasteiger partial charge in [0.1, 0.15) is 6.07 Å². The molecule has 0 spiro atoms. The Labute approximate surface area is 87.7 Å². The minimum Gasteiger partial charge on any atom is -0.478 e. The number of carboxylic acids is 1. The molecule has 0 aliphatic rings. The molecule has 1 aromatic carbocycles. The predicted octanol–water partition coefficient (Wildman–Crippen LogP) is 2.67. The van der Waals surface area contributed by atoms with Gasteiger partial charge < -0.3 is 5.11 Å². The molecule has 0 aromatic heterocycles. The van der Waals surface area contributed by atoms with Crippen molar-refractivity contribution in [3.63, 3.8) is 0 Å². The number of rotatable bonds is 1. The maximum atomic E-state index is 10.6. The number of benzene rings is 1. The molecule has 66 valence electrons. The number of carboxylic acid groups (broad SMARTS) is 1. The largest absolute Gasteiger partial charge is 0.478 e. The number of aromatic carboxylic acids is 1. The highest BCUT2D eigenvalue weighted by Crippen LogP contribution is 2.26. The Morgan fingerprint density at radius 1 is 1.62 bits per heavy atom. The van der Waals surface area contributed by atoms with Gasteiger partial charge in [-0.25, -0.2) is 4.79 Å². The van der Waals surface area contributed by atoms with Crippen molar-refractivity contribution in [1.29, 1.82) is 5.26 Å². The Balaban J connectivity index is 3.44. The van der Waals surface area contributed by atoms with Crippen molar-refractivity contribution in [2.45, 2.75) is 0 Å². The molecule has 0 amide bonds. The zero-order valence-electron chi connectivity index (χ0n) is 6.21. The highest BCUT2D eigenvalue weighted by Gasteiger charge is 2.12. The van der Waals surface area contributed by atoms with Gasteiger partial charge >= 0.3 is 5.97 Å². The van der Waals surface area contributed by atoms with E-state index < -0.39 is 5.97 Å². The number of carbonyl (C=O) groups is 1. The average Bonchev–Trinajstić information content (AvgIpc) is 2.08. The molecule has 0 unspecified atom stereocenters. The van der Waals surface area contributed by atoms with Gasteiger partial charge in [-0.15, -0.1) is 0 Å². The van der Waals surface area contributed by atoms with Crippen molar-refractivity contribution in [1.82, 2.24) is 0 Å². The predicted molar refractivity (Wildman–Crippen MR) is 50.8 cm³/mol. The number of nitrogens with zero attached hydrogens (tertiary/aromatic N) is 1. The third-order valence-corrected chi connectivity index (χ3v) is 2.61. The smallest absolute Gasteiger partial charge is 0.337 e. The standard InChI is InChI=1S/C8H3BrClNO2/c9-6-2-5(8(12)13)4(3-11)1-7(6)10/h1-2H,(H,12,13). The van der Waals surface area contributed by atoms with Crippen molar-refractivity contribution < 1.29 is 9.90 Å². The Hall–Kier alpha value is -1.05. The molecule has 0 fully saturated rings. The Morgan fingerprint density at radius 3 is 2.69 bits per heavy atom. The molecular formula is C8H3BrClNO2. The minimum atomic E-state index is -1.14. The quantitative estimate of drug-likeness (QED) is 0.844. The van der Waals surface area contributed by atoms with Crippen LogP contribution in [-0.4, -0.2) is 11.1 Å². The van der Waals surface area contributed by atoms with Crippen LogP contribution in [0.15, 0.2) is 16.6 Å². The summed E-state index contributed by atoms with van der Waals surface area (Å²) in [6.07, 6.45) is 0. The zero-order chi connectivity index (χ0) is 10.0. The van der Waals surface area contributed by atoms with Crippen molar-refractivity contribution in [3.05, 3.63) is 32.8 Å². The van der Waals surface area contributed by atoms with Gasteiger partial charge in [0.15, 0.2) is 0 Å². The van der Waals surface area contributed by atoms with Crippen molar-refractivity contribution in [3.8, 4) is 6.07 Å². The van der Waals surface area contributed by atoms with Gasteiger partial charge in [-0.05, 0) is 28.1 Å². The summed E-state index contributed by atoms with van der Waals surface area (Å²) in [6.45, 7) is 0. The molecule has 1 aromatic rings. The molecule has 0 saturated heterocycles. The van der Waals surface area contributed by atoms with Crippen LogP contribution < -0.4 is 0 Å². The molecule has 0 heterocycles. The minimum absolute atomic E-state index is 0.0562. The third-order valence-electron chi connectivity index (χ3n) is 1.41. The molecule has 0 bridgehead atoms. The molecule has 0 saturated carbocycles. The van der Waals surface area contributed by atoms with Crippen LogP contribution in [0.3, 0.4) is 0 Å². The van der Waals surface area contributed by atoms with Crippen molar-refractivity contribution in [2.24, 2.45) is 0 Å². The second kappa shape index (κ2) is 3.77. The number of halogens is 2. The lowest BCUT2D eigenvalue weighted by atomic mass is 10.1. The van der Waals surface area contributed by atoms with Gasteiger partial charge in [-0.3, -0.25) is 0 Å². The first-order valence-corrected chi connectivity index (χ1v) is 4.35. The van der Waals surface area contributed by atoms with Crippen LogP contribution in [0, 0.1) is 11.3 Å². The van der Waals surface area contributed by atoms with E-state index in [0.717, 1.165) is 0 Å². The third kappa shape index (κ3) is 2.00. The Bertz CT molecular complexity index is 411. The van der Waals surface area contributed by atoms with Gasteiger partial charge in [0, 0.05) is 4.47 Å². The average molecular weight is 260 g/mol. The van der Waals surface area contributed by atoms with Gasteiger partial charge in [-0.2, -0.15) is 5.26 Å². The van der Waals surface area contributed by atoms with Crippen LogP contribution in [0.2, 0.25) is 5.02 Å². The summed E-state index contributed by atoms with van der Waals surface area (Å²) < 4.78 is 0.463. The van der Waals surface area contributed by atoms with Gasteiger partial charge in [0.2, 0.25) is 0 Å². The first kappa shape index (κ1) is 10.0. The molecular weight excluding hydrogens is 257 g/mol. The van der Waals surface area contributed by atoms with E-state index in [-0.39, 0.29) is 11.1 Å². The fourth-order valence-electron chi connectivity index (χ4n) is 0.816. The molecule has 13 heavy (non-hydrogen) atoms. The fraction of sp³-hybridized carbons (Fsp3) is 0. The first-order valence-electron chi connectivity index (χ1n) is 3.18. The van der Waals surface area contributed by atoms with Gasteiger partial charge in [0.05, 0.1) is 16.1 Å². The summed E-state index contributed by atoms with van der Waals surface area (Å²) in [5.74, 6) is -1.14. The van der Waals surface area contributed by atoms with Crippen LogP contribution in [0.1, 0.15) is 15.9 Å². The van der Waals surface area contributed by atoms with E-state index in [1.54, 1.807) is 6.07 Å². The van der Waals surface area contributed by atoms with Crippen LogP contribution in [-0.2, 0) is 0 Å². The maximum absolute atomic E-state index is 10.6. The Morgan fingerprint density at radius 2 is 2.23 bits per heavy atom. The van der Waals surface area contributed by atoms with Crippen molar-refractivity contribution in [2.75, 3.05) is 0 Å². The molecule has 3 nitrogen and oxygen atoms in total. The second-order valence-electron chi connectivity index (χ2n) is 2.23. The highest BCUT2D eigenvalue weighted by molar-refractivity contribution is 9.10. The fourth-order valence-corrected chi connectivity index (χ4v) is 1.32. The zero-order valence-corrected chi connectivity index (χ0v) is 8.56. The van der Waals surface area contributed by atoms with E-state index in [1.807, 2.05) is 0 Å². The molecule has 0 aliphatic heterocycles. The summed E-state index contributed by atoms with van der Waals surface area (Å²) >= 11 is 8.75. The van der Waals surface area contributed by atoms with E-state index in [0.29, 0.717) is 9.50 Å². The molecule has 0 radical (unpaired) electrons. The van der Waals surface area contributed by atoms with E-state index >= 15 is 0 Å². The monoisotopic (exact) mass is 259 g/mol. The lowest BCUT2D eigenvalue weighted by Gasteiger charge is -2.00. The topological polar surface area (TPSA) is 61.1 Å². The summed E-state index contributed by atoms with van der Waals surface area (Å²) in [5, 5.41) is 17.6. The normalized spacial score (nSPS) is 9.31. The SMILES string of the molecule is N#Cc1cc(Cl)c(Br)cc1C(=O)O. The number of nitriles is 1. The number of hydrogen-bond acceptors (Lipinski definition) is 2. The van der Waals surface area contributed by atoms with Gasteiger partial charge in [0.25, 0.3) is 0 Å². The van der Waals surface area contributed by atoms with Crippen LogP contribution in [0.4, 0.5) is 0 Å². The van der Waals surface area contributed by atoms with E-state index in [1.165, 1.54) is 12.1 Å². The number of hydrogen-bond donors (Lipinski definition) is 1. The van der Waals surface area contributed by atoms with Crippen molar-refractivity contribution >= 4 is 33.5 Å². The molecule has 1 rings (SSSR count). The Kier molecular flexibility index (Phi) is 2.91. The summed E-state index contributed by atoms with van der Waals surface area (Å²) in [7, 11) is 0. The van der Waals surface area contributed by atoms with E-state index in [2.05, 4.69) is 15.9 Å². The molecule has 0 atom stereocenters. The highest BCUT2D eigenvalue weighted by atomic mass is 79.9. The lowest BCUT2D eigenvalue weighted by molar-refractivity contribution is 0.0696. The molecule has 5 heteroatoms. The van der Waals surface area contributed by atoms with Crippen LogP contribution in [0.25, 0.3) is 0 Å². The maximum Gasteiger partial charge on any atom is 0.337 e. The van der Waals surface area contributed by atoms with Crippen LogP contribution >= 0.6 is 27.5 Å². The van der Waals surface area contributed by atoms with Gasteiger partial charge in [-0.1, -0.05) is 11.6 Å². The molecule has 1 N–H and O–H groups in total. The lowest BCUT2D eigenvalue weighted by Crippen LogP contribution is -2.00. The summed E-state index contributed by atoms with van der Waals surface area (Å²) in [5.41, 5.74) is -0.000486. The van der Waals surface area contributed by atoms with Crippen LogP contribution in [0.5, 0.6) is 0 Å². The molecule has 0 aliphatic carbocycles. The summed E-state index contributed by atoms with van der Waals surface area (Å²) in [4.78, 5) is 10.6.